The number of methoxy groups -OCH3 is 3. The maximum absolute atomic E-state index is 12.4. The van der Waals surface area contributed by atoms with Crippen LogP contribution in [-0.2, 0) is 11.3 Å². The number of hydrogen-bond donors (Lipinski definition) is 1. The van der Waals surface area contributed by atoms with Gasteiger partial charge in [-0.05, 0) is 43.3 Å². The predicted molar refractivity (Wildman–Crippen MR) is 110 cm³/mol. The Labute approximate surface area is 171 Å². The molecule has 0 saturated carbocycles. The number of amides is 1. The van der Waals surface area contributed by atoms with E-state index in [0.29, 0.717) is 28.8 Å². The number of carbonyl (C=O) groups is 1. The first-order valence-corrected chi connectivity index (χ1v) is 9.29. The van der Waals surface area contributed by atoms with Gasteiger partial charge in [0.25, 0.3) is 0 Å². The number of nitrogens with one attached hydrogen (secondary N) is 1. The van der Waals surface area contributed by atoms with Crippen molar-refractivity contribution in [3.8, 4) is 17.2 Å². The molecule has 0 bridgehead atoms. The number of likely N-dealkylation sites (N-methyl/N-ethyl adjacent to an activating group) is 1. The molecule has 7 heteroatoms. The Balaban J connectivity index is 1.99. The van der Waals surface area contributed by atoms with Gasteiger partial charge < -0.3 is 19.5 Å². The van der Waals surface area contributed by atoms with Crippen LogP contribution >= 0.6 is 11.6 Å². The molecule has 1 atom stereocenters. The molecule has 2 aromatic rings. The van der Waals surface area contributed by atoms with Crippen molar-refractivity contribution in [2.45, 2.75) is 19.5 Å². The SMILES string of the molecule is COc1cc(CNC(=O)CN(C)C(C)c2ccccc2Cl)cc(OC)c1OC. The summed E-state index contributed by atoms with van der Waals surface area (Å²) in [7, 11) is 6.57. The van der Waals surface area contributed by atoms with E-state index in [1.807, 2.05) is 55.3 Å². The zero-order valence-electron chi connectivity index (χ0n) is 16.9. The number of nitrogens with zero attached hydrogens (tertiary/aromatic N) is 1. The second-order valence-electron chi connectivity index (χ2n) is 6.42. The molecule has 152 valence electrons. The van der Waals surface area contributed by atoms with Crippen molar-refractivity contribution < 1.29 is 19.0 Å². The molecule has 2 aromatic carbocycles. The van der Waals surface area contributed by atoms with Gasteiger partial charge in [-0.15, -0.1) is 0 Å². The average Bonchev–Trinajstić information content (AvgIpc) is 2.71. The number of benzene rings is 2. The smallest absolute Gasteiger partial charge is 0.234 e. The van der Waals surface area contributed by atoms with E-state index in [4.69, 9.17) is 25.8 Å². The first-order valence-electron chi connectivity index (χ1n) is 8.91. The molecule has 1 unspecified atom stereocenters. The first-order chi connectivity index (χ1) is 13.4. The first kappa shape index (κ1) is 21.9. The Morgan fingerprint density at radius 2 is 1.71 bits per heavy atom. The molecule has 0 aromatic heterocycles. The fraction of sp³-hybridized carbons (Fsp3) is 0.381. The normalized spacial score (nSPS) is 11.8. The highest BCUT2D eigenvalue weighted by Crippen LogP contribution is 2.38. The van der Waals surface area contributed by atoms with Crippen LogP contribution in [0.15, 0.2) is 36.4 Å². The minimum absolute atomic E-state index is 0.0145. The minimum Gasteiger partial charge on any atom is -0.493 e. The van der Waals surface area contributed by atoms with Gasteiger partial charge in [-0.2, -0.15) is 0 Å². The molecule has 0 saturated heterocycles. The third kappa shape index (κ3) is 5.30. The Hall–Kier alpha value is -2.44. The molecule has 0 aliphatic rings. The maximum atomic E-state index is 12.4. The van der Waals surface area contributed by atoms with Crippen LogP contribution in [0.4, 0.5) is 0 Å². The zero-order chi connectivity index (χ0) is 20.7. The van der Waals surface area contributed by atoms with Gasteiger partial charge in [0.05, 0.1) is 27.9 Å². The summed E-state index contributed by atoms with van der Waals surface area (Å²) in [5.74, 6) is 1.54. The van der Waals surface area contributed by atoms with Gasteiger partial charge in [0.2, 0.25) is 11.7 Å². The summed E-state index contributed by atoms with van der Waals surface area (Å²) in [6.45, 7) is 2.62. The molecule has 0 fully saturated rings. The van der Waals surface area contributed by atoms with Crippen molar-refractivity contribution in [3.63, 3.8) is 0 Å². The third-order valence-corrected chi connectivity index (χ3v) is 4.97. The lowest BCUT2D eigenvalue weighted by Crippen LogP contribution is -2.36. The topological polar surface area (TPSA) is 60.0 Å². The highest BCUT2D eigenvalue weighted by atomic mass is 35.5. The highest BCUT2D eigenvalue weighted by molar-refractivity contribution is 6.31. The van der Waals surface area contributed by atoms with E-state index in [2.05, 4.69) is 5.32 Å². The Bertz CT molecular complexity index is 788. The van der Waals surface area contributed by atoms with E-state index >= 15 is 0 Å². The second-order valence-corrected chi connectivity index (χ2v) is 6.83. The van der Waals surface area contributed by atoms with Gasteiger partial charge in [-0.1, -0.05) is 29.8 Å². The molecule has 0 heterocycles. The van der Waals surface area contributed by atoms with Crippen molar-refractivity contribution in [1.82, 2.24) is 10.2 Å². The lowest BCUT2D eigenvalue weighted by Gasteiger charge is -2.25. The Morgan fingerprint density at radius 3 is 2.25 bits per heavy atom. The van der Waals surface area contributed by atoms with E-state index in [1.165, 1.54) is 0 Å². The van der Waals surface area contributed by atoms with Crippen molar-refractivity contribution in [1.29, 1.82) is 0 Å². The number of halogens is 1. The van der Waals surface area contributed by atoms with Crippen LogP contribution in [0, 0.1) is 0 Å². The van der Waals surface area contributed by atoms with Crippen molar-refractivity contribution >= 4 is 17.5 Å². The molecule has 28 heavy (non-hydrogen) atoms. The highest BCUT2D eigenvalue weighted by Gasteiger charge is 2.18. The molecule has 6 nitrogen and oxygen atoms in total. The van der Waals surface area contributed by atoms with Gasteiger partial charge in [-0.25, -0.2) is 0 Å². The Morgan fingerprint density at radius 1 is 1.11 bits per heavy atom. The summed E-state index contributed by atoms with van der Waals surface area (Å²) < 4.78 is 16.0. The quantitative estimate of drug-likeness (QED) is 0.688. The van der Waals surface area contributed by atoms with Gasteiger partial charge in [0.15, 0.2) is 11.5 Å². The van der Waals surface area contributed by atoms with Crippen LogP contribution in [0.5, 0.6) is 17.2 Å². The summed E-state index contributed by atoms with van der Waals surface area (Å²) in [4.78, 5) is 14.4. The maximum Gasteiger partial charge on any atom is 0.234 e. The van der Waals surface area contributed by atoms with E-state index in [-0.39, 0.29) is 18.5 Å². The van der Waals surface area contributed by atoms with E-state index < -0.39 is 0 Å². The summed E-state index contributed by atoms with van der Waals surface area (Å²) in [6.07, 6.45) is 0. The Kier molecular flexibility index (Phi) is 7.96. The van der Waals surface area contributed by atoms with Crippen LogP contribution in [0.3, 0.4) is 0 Å². The standard InChI is InChI=1S/C21H27ClN2O4/c1-14(16-8-6-7-9-17(16)22)24(2)13-20(25)23-12-15-10-18(26-3)21(28-5)19(11-15)27-4/h6-11,14H,12-13H2,1-5H3,(H,23,25). The number of carbonyl (C=O) groups excluding carboxylic acids is 1. The summed E-state index contributed by atoms with van der Waals surface area (Å²) in [6, 6.07) is 11.3. The predicted octanol–water partition coefficient (Wildman–Crippen LogP) is 3.68. The number of rotatable bonds is 9. The molecule has 2 rings (SSSR count). The van der Waals surface area contributed by atoms with Crippen molar-refractivity contribution in [2.75, 3.05) is 34.9 Å². The molecule has 0 aliphatic carbocycles. The molecule has 1 amide bonds. The van der Waals surface area contributed by atoms with Crippen LogP contribution in [0.1, 0.15) is 24.1 Å². The lowest BCUT2D eigenvalue weighted by molar-refractivity contribution is -0.122. The fourth-order valence-corrected chi connectivity index (χ4v) is 3.20. The van der Waals surface area contributed by atoms with Crippen LogP contribution < -0.4 is 19.5 Å². The zero-order valence-corrected chi connectivity index (χ0v) is 17.7. The van der Waals surface area contributed by atoms with Gasteiger partial charge in [0.1, 0.15) is 0 Å². The molecule has 1 N–H and O–H groups in total. The fourth-order valence-electron chi connectivity index (χ4n) is 2.91. The monoisotopic (exact) mass is 406 g/mol. The minimum atomic E-state index is -0.0878. The van der Waals surface area contributed by atoms with Gasteiger partial charge in [-0.3, -0.25) is 9.69 Å². The van der Waals surface area contributed by atoms with E-state index in [1.54, 1.807) is 21.3 Å². The molecule has 0 spiro atoms. The molecular formula is C21H27ClN2O4. The molecule has 0 aliphatic heterocycles. The van der Waals surface area contributed by atoms with E-state index in [0.717, 1.165) is 11.1 Å². The van der Waals surface area contributed by atoms with E-state index in [9.17, 15) is 4.79 Å². The average molecular weight is 407 g/mol. The summed E-state index contributed by atoms with van der Waals surface area (Å²) in [5.41, 5.74) is 1.84. The summed E-state index contributed by atoms with van der Waals surface area (Å²) in [5, 5.41) is 3.62. The largest absolute Gasteiger partial charge is 0.493 e. The van der Waals surface area contributed by atoms with Crippen molar-refractivity contribution in [3.05, 3.63) is 52.5 Å². The van der Waals surface area contributed by atoms with Gasteiger partial charge in [0, 0.05) is 17.6 Å². The number of hydrogen-bond acceptors (Lipinski definition) is 5. The van der Waals surface area contributed by atoms with Gasteiger partial charge >= 0.3 is 0 Å². The second kappa shape index (κ2) is 10.2. The molecular weight excluding hydrogens is 380 g/mol. The van der Waals surface area contributed by atoms with Crippen molar-refractivity contribution in [2.24, 2.45) is 0 Å². The lowest BCUT2D eigenvalue weighted by atomic mass is 10.1. The third-order valence-electron chi connectivity index (χ3n) is 4.62. The summed E-state index contributed by atoms with van der Waals surface area (Å²) >= 11 is 6.26. The van der Waals surface area contributed by atoms with Crippen LogP contribution in [0.25, 0.3) is 0 Å². The van der Waals surface area contributed by atoms with Crippen LogP contribution in [-0.4, -0.2) is 45.7 Å². The molecule has 0 radical (unpaired) electrons. The number of ether oxygens (including phenoxy) is 3. The van der Waals surface area contributed by atoms with Crippen LogP contribution in [0.2, 0.25) is 5.02 Å².